The third-order valence-corrected chi connectivity index (χ3v) is 4.21. The van der Waals surface area contributed by atoms with Crippen molar-refractivity contribution in [1.82, 2.24) is 15.5 Å². The molecule has 0 unspecified atom stereocenters. The summed E-state index contributed by atoms with van der Waals surface area (Å²) in [6, 6.07) is 3.74. The van der Waals surface area contributed by atoms with Gasteiger partial charge in [-0.2, -0.15) is 13.2 Å². The molecule has 2 rings (SSSR count). The predicted molar refractivity (Wildman–Crippen MR) is 113 cm³/mol. The fourth-order valence-electron chi connectivity index (χ4n) is 2.72. The number of unbranched alkanes of at least 4 members (excludes halogenated alkanes) is 1. The zero-order valence-electron chi connectivity index (χ0n) is 16.0. The summed E-state index contributed by atoms with van der Waals surface area (Å²) in [4.78, 5) is 6.70. The molecule has 2 heterocycles. The van der Waals surface area contributed by atoms with Gasteiger partial charge in [0.05, 0.1) is 19.5 Å². The van der Waals surface area contributed by atoms with Crippen molar-refractivity contribution in [3.8, 4) is 0 Å². The third-order valence-electron chi connectivity index (χ3n) is 4.21. The summed E-state index contributed by atoms with van der Waals surface area (Å²) >= 11 is 0. The maximum atomic E-state index is 12.2. The summed E-state index contributed by atoms with van der Waals surface area (Å²) in [5.74, 6) is 1.50. The zero-order valence-corrected chi connectivity index (χ0v) is 18.3. The fraction of sp³-hybridized carbons (Fsp3) is 0.722. The SMILES string of the molecule is FC(F)(F)CCCCN=C(NCCc1ccco1)NCCN1CCOCC1.I. The van der Waals surface area contributed by atoms with E-state index in [1.165, 1.54) is 0 Å². The van der Waals surface area contributed by atoms with E-state index in [0.717, 1.165) is 45.2 Å². The molecule has 1 saturated heterocycles. The lowest BCUT2D eigenvalue weighted by Crippen LogP contribution is -2.44. The highest BCUT2D eigenvalue weighted by molar-refractivity contribution is 14.0. The van der Waals surface area contributed by atoms with Gasteiger partial charge in [0.15, 0.2) is 5.96 Å². The van der Waals surface area contributed by atoms with E-state index in [4.69, 9.17) is 9.15 Å². The maximum absolute atomic E-state index is 12.2. The van der Waals surface area contributed by atoms with Crippen LogP contribution in [0.25, 0.3) is 0 Å². The summed E-state index contributed by atoms with van der Waals surface area (Å²) in [7, 11) is 0. The molecule has 0 bridgehead atoms. The Morgan fingerprint density at radius 3 is 2.57 bits per heavy atom. The Morgan fingerprint density at radius 2 is 1.89 bits per heavy atom. The van der Waals surface area contributed by atoms with Crippen molar-refractivity contribution in [1.29, 1.82) is 0 Å². The summed E-state index contributed by atoms with van der Waals surface area (Å²) < 4.78 is 47.2. The highest BCUT2D eigenvalue weighted by Crippen LogP contribution is 2.21. The molecule has 0 aromatic carbocycles. The molecule has 2 N–H and O–H groups in total. The molecule has 10 heteroatoms. The molecule has 6 nitrogen and oxygen atoms in total. The van der Waals surface area contributed by atoms with Gasteiger partial charge >= 0.3 is 6.18 Å². The lowest BCUT2D eigenvalue weighted by molar-refractivity contribution is -0.135. The first-order valence-electron chi connectivity index (χ1n) is 9.44. The number of ether oxygens (including phenoxy) is 1. The number of rotatable bonds is 10. The van der Waals surface area contributed by atoms with Gasteiger partial charge in [-0.1, -0.05) is 0 Å². The summed E-state index contributed by atoms with van der Waals surface area (Å²) in [6.45, 7) is 5.92. The highest BCUT2D eigenvalue weighted by atomic mass is 127. The Labute approximate surface area is 181 Å². The molecular weight excluding hydrogens is 488 g/mol. The van der Waals surface area contributed by atoms with Crippen molar-refractivity contribution in [2.75, 3.05) is 52.5 Å². The molecule has 0 amide bonds. The second kappa shape index (κ2) is 14.0. The molecule has 0 spiro atoms. The molecule has 28 heavy (non-hydrogen) atoms. The third kappa shape index (κ3) is 11.7. The van der Waals surface area contributed by atoms with Crippen molar-refractivity contribution in [3.63, 3.8) is 0 Å². The minimum absolute atomic E-state index is 0. The van der Waals surface area contributed by atoms with E-state index < -0.39 is 12.6 Å². The van der Waals surface area contributed by atoms with Crippen LogP contribution in [0.5, 0.6) is 0 Å². The van der Waals surface area contributed by atoms with E-state index in [1.54, 1.807) is 6.26 Å². The molecule has 1 aromatic heterocycles. The number of hydrogen-bond donors (Lipinski definition) is 2. The van der Waals surface area contributed by atoms with Crippen LogP contribution in [0.2, 0.25) is 0 Å². The molecule has 0 saturated carbocycles. The number of furan rings is 1. The predicted octanol–water partition coefficient (Wildman–Crippen LogP) is 3.04. The van der Waals surface area contributed by atoms with Crippen LogP contribution in [0.3, 0.4) is 0 Å². The van der Waals surface area contributed by atoms with Crippen LogP contribution >= 0.6 is 24.0 Å². The summed E-state index contributed by atoms with van der Waals surface area (Å²) in [6.07, 6.45) is -2.00. The second-order valence-corrected chi connectivity index (χ2v) is 6.44. The summed E-state index contributed by atoms with van der Waals surface area (Å²) in [5, 5.41) is 6.47. The molecule has 0 atom stereocenters. The van der Waals surface area contributed by atoms with Gasteiger partial charge in [-0.3, -0.25) is 9.89 Å². The molecular formula is C18H30F3IN4O2. The van der Waals surface area contributed by atoms with Crippen LogP contribution in [0.4, 0.5) is 13.2 Å². The van der Waals surface area contributed by atoms with Crippen molar-refractivity contribution < 1.29 is 22.3 Å². The Bertz CT molecular complexity index is 535. The summed E-state index contributed by atoms with van der Waals surface area (Å²) in [5.41, 5.74) is 0. The number of morpholine rings is 1. The van der Waals surface area contributed by atoms with E-state index >= 15 is 0 Å². The molecule has 1 fully saturated rings. The van der Waals surface area contributed by atoms with Gasteiger partial charge in [-0.25, -0.2) is 0 Å². The van der Waals surface area contributed by atoms with Crippen LogP contribution in [-0.4, -0.2) is 69.5 Å². The van der Waals surface area contributed by atoms with E-state index in [-0.39, 0.29) is 30.4 Å². The number of hydrogen-bond acceptors (Lipinski definition) is 4. The Morgan fingerprint density at radius 1 is 1.14 bits per heavy atom. The first kappa shape index (κ1) is 25.0. The zero-order chi connectivity index (χ0) is 19.4. The average Bonchev–Trinajstić information content (AvgIpc) is 3.14. The fourth-order valence-corrected chi connectivity index (χ4v) is 2.72. The van der Waals surface area contributed by atoms with Crippen LogP contribution in [-0.2, 0) is 11.2 Å². The van der Waals surface area contributed by atoms with Crippen LogP contribution in [0.15, 0.2) is 27.8 Å². The quantitative estimate of drug-likeness (QED) is 0.216. The topological polar surface area (TPSA) is 62.0 Å². The number of nitrogens with one attached hydrogen (secondary N) is 2. The standard InChI is InChI=1S/C18H29F3N4O2.HI/c19-18(20,21)6-1-2-7-22-17(23-8-5-16-4-3-13-27-16)24-9-10-25-11-14-26-15-12-25;/h3-4,13H,1-2,5-12,14-15H2,(H2,22,23,24);1H. The normalized spacial score (nSPS) is 15.9. The van der Waals surface area contributed by atoms with E-state index in [9.17, 15) is 13.2 Å². The number of guanidine groups is 1. The first-order valence-corrected chi connectivity index (χ1v) is 9.44. The minimum atomic E-state index is -4.09. The Hall–Kier alpha value is -1.01. The van der Waals surface area contributed by atoms with E-state index in [0.29, 0.717) is 31.9 Å². The number of halogens is 4. The molecule has 0 radical (unpaired) electrons. The highest BCUT2D eigenvalue weighted by Gasteiger charge is 2.25. The molecule has 0 aliphatic carbocycles. The molecule has 1 aromatic rings. The van der Waals surface area contributed by atoms with Crippen molar-refractivity contribution in [2.45, 2.75) is 31.9 Å². The monoisotopic (exact) mass is 518 g/mol. The van der Waals surface area contributed by atoms with Gasteiger partial charge in [0.2, 0.25) is 0 Å². The minimum Gasteiger partial charge on any atom is -0.469 e. The Balaban J connectivity index is 0.00000392. The molecule has 162 valence electrons. The molecule has 1 aliphatic heterocycles. The van der Waals surface area contributed by atoms with Crippen LogP contribution in [0, 0.1) is 0 Å². The van der Waals surface area contributed by atoms with E-state index in [2.05, 4.69) is 20.5 Å². The lowest BCUT2D eigenvalue weighted by atomic mass is 10.2. The maximum Gasteiger partial charge on any atom is 0.389 e. The second-order valence-electron chi connectivity index (χ2n) is 6.44. The van der Waals surface area contributed by atoms with Gasteiger partial charge in [0, 0.05) is 52.1 Å². The number of aliphatic imine (C=N–C) groups is 1. The van der Waals surface area contributed by atoms with Crippen molar-refractivity contribution in [2.24, 2.45) is 4.99 Å². The van der Waals surface area contributed by atoms with Crippen molar-refractivity contribution in [3.05, 3.63) is 24.2 Å². The van der Waals surface area contributed by atoms with Crippen LogP contribution < -0.4 is 10.6 Å². The average molecular weight is 518 g/mol. The lowest BCUT2D eigenvalue weighted by Gasteiger charge is -2.26. The first-order chi connectivity index (χ1) is 13.0. The van der Waals surface area contributed by atoms with Gasteiger partial charge in [-0.15, -0.1) is 24.0 Å². The largest absolute Gasteiger partial charge is 0.469 e. The Kier molecular flexibility index (Phi) is 12.6. The molecule has 1 aliphatic rings. The van der Waals surface area contributed by atoms with Gasteiger partial charge in [0.25, 0.3) is 0 Å². The number of alkyl halides is 3. The van der Waals surface area contributed by atoms with Crippen LogP contribution in [0.1, 0.15) is 25.0 Å². The van der Waals surface area contributed by atoms with Gasteiger partial charge in [-0.05, 0) is 25.0 Å². The van der Waals surface area contributed by atoms with Gasteiger partial charge in [0.1, 0.15) is 5.76 Å². The smallest absolute Gasteiger partial charge is 0.389 e. The van der Waals surface area contributed by atoms with Crippen molar-refractivity contribution >= 4 is 29.9 Å². The van der Waals surface area contributed by atoms with Gasteiger partial charge < -0.3 is 19.8 Å². The van der Waals surface area contributed by atoms with E-state index in [1.807, 2.05) is 12.1 Å². The number of nitrogens with zero attached hydrogens (tertiary/aromatic N) is 2.